The smallest absolute Gasteiger partial charge is 0.329 e. The van der Waals surface area contributed by atoms with Crippen molar-refractivity contribution in [2.75, 3.05) is 27.2 Å². The van der Waals surface area contributed by atoms with E-state index in [1.807, 2.05) is 0 Å². The maximum Gasteiger partial charge on any atom is 0.394 e. The molecule has 170 valence electrons. The van der Waals surface area contributed by atoms with E-state index in [9.17, 15) is 0 Å². The Bertz CT molecular complexity index is 439. The van der Waals surface area contributed by atoms with Crippen LogP contribution in [-0.2, 0) is 10.4 Å². The van der Waals surface area contributed by atoms with Gasteiger partial charge in [0, 0.05) is 0 Å². The van der Waals surface area contributed by atoms with Crippen LogP contribution in [0.3, 0.4) is 0 Å². The zero-order chi connectivity index (χ0) is 21.7. The molecule has 2 N–H and O–H groups in total. The summed E-state index contributed by atoms with van der Waals surface area (Å²) in [6, 6.07) is 0. The van der Waals surface area contributed by atoms with Crippen molar-refractivity contribution in [3.63, 3.8) is 0 Å². The molecule has 0 aliphatic heterocycles. The molecule has 0 aromatic rings. The van der Waals surface area contributed by atoms with Crippen LogP contribution in [0.5, 0.6) is 0 Å². The minimum absolute atomic E-state index is 1.18. The zero-order valence-electron chi connectivity index (χ0n) is 19.0. The molecule has 0 atom stereocenters. The van der Waals surface area contributed by atoms with E-state index in [2.05, 4.69) is 40.1 Å². The summed E-state index contributed by atoms with van der Waals surface area (Å²) in [6.07, 6.45) is 24.4. The third kappa shape index (κ3) is 33.2. The predicted octanol–water partition coefficient (Wildman–Crippen LogP) is 6.47. The molecule has 0 radical (unpaired) electrons. The standard InChI is InChI=1S/C22H46N.H2O4S/c1-5-7-8-9-10-11-12-13-14-15-16-17-18-19-20-21-22-23(3,4)6-2;1-5(2,3)4/h13-14H,5-12,15-22H2,1-4H3;(H2,1,2,3,4)/q+1;/b14-13-;. The van der Waals surface area contributed by atoms with E-state index in [4.69, 9.17) is 17.5 Å². The van der Waals surface area contributed by atoms with Gasteiger partial charge in [-0.2, -0.15) is 8.42 Å². The summed E-state index contributed by atoms with van der Waals surface area (Å²) in [5.74, 6) is 0. The quantitative estimate of drug-likeness (QED) is 0.122. The second kappa shape index (κ2) is 19.9. The molecular formula is C22H48NO4S+. The lowest BCUT2D eigenvalue weighted by Crippen LogP contribution is -2.39. The Labute approximate surface area is 175 Å². The van der Waals surface area contributed by atoms with Crippen LogP contribution in [0.4, 0.5) is 0 Å². The van der Waals surface area contributed by atoms with E-state index in [1.54, 1.807) is 0 Å². The fourth-order valence-corrected chi connectivity index (χ4v) is 2.95. The molecule has 0 amide bonds. The SMILES string of the molecule is CCCCCCCC/C=C\CCCCCCCC[N+](C)(C)CC.O=S(=O)(O)O. The Morgan fingerprint density at radius 1 is 0.679 bits per heavy atom. The van der Waals surface area contributed by atoms with Gasteiger partial charge in [-0.25, -0.2) is 0 Å². The summed E-state index contributed by atoms with van der Waals surface area (Å²) in [7, 11) is 0.0229. The number of rotatable bonds is 17. The summed E-state index contributed by atoms with van der Waals surface area (Å²) in [4.78, 5) is 0. The Kier molecular flexibility index (Phi) is 21.1. The van der Waals surface area contributed by atoms with Gasteiger partial charge in [0.25, 0.3) is 0 Å². The van der Waals surface area contributed by atoms with Gasteiger partial charge in [0.15, 0.2) is 0 Å². The van der Waals surface area contributed by atoms with Crippen LogP contribution < -0.4 is 0 Å². The van der Waals surface area contributed by atoms with Gasteiger partial charge in [-0.05, 0) is 45.4 Å². The van der Waals surface area contributed by atoms with Crippen molar-refractivity contribution in [2.24, 2.45) is 0 Å². The fourth-order valence-electron chi connectivity index (χ4n) is 2.95. The van der Waals surface area contributed by atoms with Gasteiger partial charge in [-0.15, -0.1) is 0 Å². The van der Waals surface area contributed by atoms with Crippen molar-refractivity contribution in [1.29, 1.82) is 0 Å². The molecule has 0 rings (SSSR count). The van der Waals surface area contributed by atoms with Crippen molar-refractivity contribution in [2.45, 2.75) is 104 Å². The van der Waals surface area contributed by atoms with Crippen molar-refractivity contribution in [1.82, 2.24) is 0 Å². The Balaban J connectivity index is 0. The number of nitrogens with zero attached hydrogens (tertiary/aromatic N) is 1. The lowest BCUT2D eigenvalue weighted by atomic mass is 10.1. The summed E-state index contributed by atoms with van der Waals surface area (Å²) in [6.45, 7) is 7.18. The summed E-state index contributed by atoms with van der Waals surface area (Å²) < 4.78 is 32.8. The van der Waals surface area contributed by atoms with Crippen LogP contribution in [0.15, 0.2) is 12.2 Å². The third-order valence-electron chi connectivity index (χ3n) is 5.13. The second-order valence-corrected chi connectivity index (χ2v) is 9.26. The summed E-state index contributed by atoms with van der Waals surface area (Å²) in [5, 5.41) is 0. The van der Waals surface area contributed by atoms with Crippen molar-refractivity contribution in [3.05, 3.63) is 12.2 Å². The molecule has 0 aromatic heterocycles. The van der Waals surface area contributed by atoms with E-state index in [-0.39, 0.29) is 0 Å². The molecule has 0 spiro atoms. The largest absolute Gasteiger partial charge is 0.394 e. The van der Waals surface area contributed by atoms with Crippen LogP contribution in [0.2, 0.25) is 0 Å². The minimum Gasteiger partial charge on any atom is -0.329 e. The molecule has 0 aliphatic carbocycles. The van der Waals surface area contributed by atoms with E-state index in [0.717, 1.165) is 0 Å². The van der Waals surface area contributed by atoms with Crippen LogP contribution in [0, 0.1) is 0 Å². The molecule has 0 heterocycles. The fraction of sp³-hybridized carbons (Fsp3) is 0.909. The van der Waals surface area contributed by atoms with Gasteiger partial charge in [0.2, 0.25) is 0 Å². The van der Waals surface area contributed by atoms with Crippen molar-refractivity contribution >= 4 is 10.4 Å². The van der Waals surface area contributed by atoms with E-state index >= 15 is 0 Å². The molecule has 0 aliphatic rings. The average Bonchev–Trinajstić information content (AvgIpc) is 2.60. The van der Waals surface area contributed by atoms with Crippen LogP contribution in [0.25, 0.3) is 0 Å². The number of unbranched alkanes of at least 4 members (excludes halogenated alkanes) is 12. The highest BCUT2D eigenvalue weighted by Crippen LogP contribution is 2.10. The van der Waals surface area contributed by atoms with Gasteiger partial charge in [0.05, 0.1) is 27.2 Å². The first-order valence-electron chi connectivity index (χ1n) is 11.3. The zero-order valence-corrected chi connectivity index (χ0v) is 19.9. The average molecular weight is 423 g/mol. The lowest BCUT2D eigenvalue weighted by Gasteiger charge is -2.28. The second-order valence-electron chi connectivity index (χ2n) is 8.36. The topological polar surface area (TPSA) is 74.6 Å². The number of hydrogen-bond acceptors (Lipinski definition) is 2. The maximum atomic E-state index is 8.74. The highest BCUT2D eigenvalue weighted by Gasteiger charge is 2.09. The monoisotopic (exact) mass is 422 g/mol. The molecule has 28 heavy (non-hydrogen) atoms. The normalized spacial score (nSPS) is 12.2. The first kappa shape index (κ1) is 29.8. The lowest BCUT2D eigenvalue weighted by molar-refractivity contribution is -0.888. The van der Waals surface area contributed by atoms with E-state index in [0.29, 0.717) is 0 Å². The molecule has 5 nitrogen and oxygen atoms in total. The maximum absolute atomic E-state index is 8.74. The molecule has 0 aromatic carbocycles. The van der Waals surface area contributed by atoms with Gasteiger partial charge in [-0.3, -0.25) is 9.11 Å². The Morgan fingerprint density at radius 3 is 1.43 bits per heavy atom. The molecule has 0 saturated carbocycles. The van der Waals surface area contributed by atoms with Gasteiger partial charge in [-0.1, -0.05) is 70.4 Å². The van der Waals surface area contributed by atoms with Gasteiger partial charge in [0.1, 0.15) is 0 Å². The van der Waals surface area contributed by atoms with E-state index in [1.165, 1.54) is 107 Å². The molecular weight excluding hydrogens is 374 g/mol. The first-order chi connectivity index (χ1) is 13.1. The van der Waals surface area contributed by atoms with Gasteiger partial charge >= 0.3 is 10.4 Å². The Hall–Kier alpha value is -0.430. The highest BCUT2D eigenvalue weighted by atomic mass is 32.3. The molecule has 6 heteroatoms. The molecule has 0 saturated heterocycles. The van der Waals surface area contributed by atoms with Gasteiger partial charge < -0.3 is 4.48 Å². The summed E-state index contributed by atoms with van der Waals surface area (Å²) in [5.41, 5.74) is 0. The van der Waals surface area contributed by atoms with Crippen LogP contribution in [0.1, 0.15) is 104 Å². The molecule has 0 unspecified atom stereocenters. The van der Waals surface area contributed by atoms with Crippen molar-refractivity contribution in [3.8, 4) is 0 Å². The van der Waals surface area contributed by atoms with Crippen LogP contribution in [-0.4, -0.2) is 49.2 Å². The predicted molar refractivity (Wildman–Crippen MR) is 121 cm³/mol. The molecule has 0 fully saturated rings. The van der Waals surface area contributed by atoms with Crippen molar-refractivity contribution < 1.29 is 22.0 Å². The minimum atomic E-state index is -4.67. The summed E-state index contributed by atoms with van der Waals surface area (Å²) >= 11 is 0. The number of quaternary nitrogens is 1. The number of allylic oxidation sites excluding steroid dienone is 2. The number of hydrogen-bond donors (Lipinski definition) is 2. The first-order valence-corrected chi connectivity index (χ1v) is 12.7. The highest BCUT2D eigenvalue weighted by molar-refractivity contribution is 7.79. The van der Waals surface area contributed by atoms with E-state index < -0.39 is 10.4 Å². The molecule has 0 bridgehead atoms. The van der Waals surface area contributed by atoms with Crippen LogP contribution >= 0.6 is 0 Å². The third-order valence-corrected chi connectivity index (χ3v) is 5.13. The Morgan fingerprint density at radius 2 is 1.04 bits per heavy atom.